The van der Waals surface area contributed by atoms with Crippen LogP contribution in [-0.2, 0) is 32.4 Å². The molecular weight excluding hydrogens is 852 g/mol. The van der Waals surface area contributed by atoms with Crippen molar-refractivity contribution in [1.29, 1.82) is 0 Å². The second-order valence-electron chi connectivity index (χ2n) is 15.6. The third-order valence-corrected chi connectivity index (χ3v) is 14.6. The predicted molar refractivity (Wildman–Crippen MR) is 216 cm³/mol. The summed E-state index contributed by atoms with van der Waals surface area (Å²) in [5.41, 5.74) is -0.481. The van der Waals surface area contributed by atoms with Crippen LogP contribution in [0, 0.1) is 36.0 Å². The lowest BCUT2D eigenvalue weighted by molar-refractivity contribution is -0.141. The van der Waals surface area contributed by atoms with Crippen molar-refractivity contribution in [3.8, 4) is 16.3 Å². The van der Waals surface area contributed by atoms with Gasteiger partial charge in [-0.3, -0.25) is 28.9 Å². The number of alkyl halides is 3. The summed E-state index contributed by atoms with van der Waals surface area (Å²) >= 11 is 20.6. The molecule has 2 aliphatic heterocycles. The molecule has 2 saturated heterocycles. The lowest BCUT2D eigenvalue weighted by Crippen LogP contribution is -2.49. The van der Waals surface area contributed by atoms with Gasteiger partial charge in [-0.15, -0.1) is 11.3 Å². The maximum atomic E-state index is 15.1. The number of halogens is 6. The molecule has 5 heterocycles. The molecule has 0 bridgehead atoms. The van der Waals surface area contributed by atoms with Crippen LogP contribution in [0.25, 0.3) is 20.7 Å². The number of thiophene rings is 1. The minimum absolute atomic E-state index is 0.0254. The maximum Gasteiger partial charge on any atom is 0.433 e. The van der Waals surface area contributed by atoms with Crippen molar-refractivity contribution in [2.24, 2.45) is 36.1 Å². The molecule has 0 radical (unpaired) electrons. The molecular formula is C41H32Cl3F3N6O5S. The molecule has 9 rings (SSSR count). The molecule has 4 aliphatic rings. The monoisotopic (exact) mass is 882 g/mol. The third-order valence-electron chi connectivity index (χ3n) is 12.5. The number of aromatic nitrogens is 3. The van der Waals surface area contributed by atoms with E-state index in [0.29, 0.717) is 22.4 Å². The van der Waals surface area contributed by atoms with Crippen molar-refractivity contribution >= 4 is 91.5 Å². The van der Waals surface area contributed by atoms with E-state index in [1.165, 1.54) is 41.3 Å². The minimum atomic E-state index is -4.83. The molecule has 1 saturated carbocycles. The molecule has 3 fully saturated rings. The Balaban J connectivity index is 1.13. The zero-order valence-electron chi connectivity index (χ0n) is 31.5. The molecule has 304 valence electrons. The van der Waals surface area contributed by atoms with E-state index < -0.39 is 76.3 Å². The summed E-state index contributed by atoms with van der Waals surface area (Å²) in [6.07, 6.45) is -3.04. The number of phenols is 1. The number of hydrogen-bond donors (Lipinski definition) is 1. The highest BCUT2D eigenvalue weighted by Gasteiger charge is 2.68. The normalized spacial score (nSPS) is 25.5. The first-order valence-corrected chi connectivity index (χ1v) is 20.4. The van der Waals surface area contributed by atoms with Crippen molar-refractivity contribution in [3.63, 3.8) is 0 Å². The fraction of sp³-hybridized carbons (Fsp3) is 0.317. The lowest BCUT2D eigenvalue weighted by atomic mass is 9.51. The molecule has 3 aromatic heterocycles. The van der Waals surface area contributed by atoms with Crippen molar-refractivity contribution in [3.05, 3.63) is 98.1 Å². The van der Waals surface area contributed by atoms with Gasteiger partial charge >= 0.3 is 6.18 Å². The highest BCUT2D eigenvalue weighted by molar-refractivity contribution is 7.22. The number of phenolic OH excluding ortho intramolecular Hbond substituents is 1. The second kappa shape index (κ2) is 13.5. The van der Waals surface area contributed by atoms with Crippen molar-refractivity contribution in [2.45, 2.75) is 38.8 Å². The first-order valence-electron chi connectivity index (χ1n) is 18.5. The van der Waals surface area contributed by atoms with Crippen LogP contribution >= 0.6 is 46.1 Å². The molecule has 18 heteroatoms. The quantitative estimate of drug-likeness (QED) is 0.137. The van der Waals surface area contributed by atoms with Gasteiger partial charge < -0.3 is 5.11 Å². The lowest BCUT2D eigenvalue weighted by Gasteiger charge is -2.49. The zero-order valence-corrected chi connectivity index (χ0v) is 34.6. The van der Waals surface area contributed by atoms with Gasteiger partial charge in [-0.25, -0.2) is 9.88 Å². The van der Waals surface area contributed by atoms with Gasteiger partial charge in [-0.2, -0.15) is 23.3 Å². The van der Waals surface area contributed by atoms with Gasteiger partial charge in [0.15, 0.2) is 5.82 Å². The number of hydrazine groups is 1. The van der Waals surface area contributed by atoms with E-state index in [1.54, 1.807) is 32.2 Å². The number of benzene rings is 2. The Morgan fingerprint density at radius 3 is 2.39 bits per heavy atom. The van der Waals surface area contributed by atoms with Gasteiger partial charge in [0.2, 0.25) is 11.8 Å². The third kappa shape index (κ3) is 5.75. The molecule has 59 heavy (non-hydrogen) atoms. The predicted octanol–water partition coefficient (Wildman–Crippen LogP) is 8.97. The summed E-state index contributed by atoms with van der Waals surface area (Å²) < 4.78 is 43.5. The number of pyridine rings is 1. The van der Waals surface area contributed by atoms with Crippen LogP contribution in [0.5, 0.6) is 5.75 Å². The van der Waals surface area contributed by atoms with Gasteiger partial charge in [-0.1, -0.05) is 46.5 Å². The van der Waals surface area contributed by atoms with E-state index >= 15 is 4.79 Å². The Labute approximate surface area is 353 Å². The number of rotatable bonds is 5. The van der Waals surface area contributed by atoms with Gasteiger partial charge in [0.1, 0.15) is 23.0 Å². The van der Waals surface area contributed by atoms with Crippen LogP contribution in [0.4, 0.5) is 24.8 Å². The molecule has 2 aliphatic carbocycles. The largest absolute Gasteiger partial charge is 0.508 e. The van der Waals surface area contributed by atoms with Crippen LogP contribution in [0.2, 0.25) is 15.1 Å². The zero-order chi connectivity index (χ0) is 42.2. The molecule has 5 aromatic rings. The summed E-state index contributed by atoms with van der Waals surface area (Å²) in [5, 5.41) is 19.4. The van der Waals surface area contributed by atoms with Crippen LogP contribution in [0.1, 0.15) is 42.5 Å². The number of amides is 4. The van der Waals surface area contributed by atoms with Gasteiger partial charge in [0, 0.05) is 46.4 Å². The number of hydrogen-bond acceptors (Lipinski definition) is 9. The Hall–Kier alpha value is -4.96. The summed E-state index contributed by atoms with van der Waals surface area (Å²) in [4.78, 5) is 64.3. The first-order chi connectivity index (χ1) is 27.8. The number of anilines is 2. The van der Waals surface area contributed by atoms with Crippen LogP contribution in [0.15, 0.2) is 66.2 Å². The van der Waals surface area contributed by atoms with Crippen molar-refractivity contribution < 1.29 is 37.5 Å². The molecule has 0 spiro atoms. The number of carbonyl (C=O) groups is 4. The smallest absolute Gasteiger partial charge is 0.433 e. The average Bonchev–Trinajstić information content (AvgIpc) is 3.85. The van der Waals surface area contributed by atoms with E-state index in [4.69, 9.17) is 39.9 Å². The standard InChI is InChI=1S/C41H32Cl3F3N6O5S/c1-17-22-13-19(43)6-11-29(22)59-34(17)27-16-31(50(3)49-27)52-37(56)25-15-23-20(33(40(25,2)39(52)58)24-14-18(42)5-10-28(24)54)7-8-21-32(23)38(57)53(36(21)55)51(4)35-26(44)9-12-30(48-35)41(45,46)47/h5-7,9-14,16,21,23,25,32-33,54H,8,15H2,1-4H3/t21-,23+,25-,32-,33+,40+/m0/s1. The molecule has 1 N–H and O–H groups in total. The summed E-state index contributed by atoms with van der Waals surface area (Å²) in [7, 11) is 2.87. The minimum Gasteiger partial charge on any atom is -0.508 e. The molecule has 4 amide bonds. The molecule has 0 unspecified atom stereocenters. The number of imide groups is 2. The summed E-state index contributed by atoms with van der Waals surface area (Å²) in [5.74, 6) is -7.80. The van der Waals surface area contributed by atoms with Crippen molar-refractivity contribution in [1.82, 2.24) is 19.8 Å². The number of nitrogens with zero attached hydrogens (tertiary/aromatic N) is 6. The SMILES string of the molecule is Cc1c(-c2cc(N3C(=O)[C@@H]4C[C@@H]5C(=CC[C@@H]6C(=O)N(N(C)c7nc(C(F)(F)F)ccc7Cl)C(=O)[C@@H]65)[C@H](c5cc(Cl)ccc5O)[C@]4(C)C3=O)n(C)n2)sc2ccc(Cl)cc12. The maximum absolute atomic E-state index is 15.1. The Bertz CT molecular complexity index is 2740. The molecule has 2 aromatic carbocycles. The van der Waals surface area contributed by atoms with E-state index in [9.17, 15) is 32.7 Å². The van der Waals surface area contributed by atoms with Crippen LogP contribution in [-0.4, -0.2) is 55.6 Å². The van der Waals surface area contributed by atoms with Crippen molar-refractivity contribution in [2.75, 3.05) is 17.0 Å². The average molecular weight is 884 g/mol. The van der Waals surface area contributed by atoms with Gasteiger partial charge in [0.25, 0.3) is 11.8 Å². The number of allylic oxidation sites excluding steroid dienone is 2. The van der Waals surface area contributed by atoms with E-state index in [-0.39, 0.29) is 40.0 Å². The van der Waals surface area contributed by atoms with Gasteiger partial charge in [-0.05, 0) is 92.1 Å². The van der Waals surface area contributed by atoms with E-state index in [0.717, 1.165) is 41.5 Å². The Morgan fingerprint density at radius 1 is 0.949 bits per heavy atom. The fourth-order valence-corrected chi connectivity index (χ4v) is 11.5. The highest BCUT2D eigenvalue weighted by Crippen LogP contribution is 2.64. The molecule has 6 atom stereocenters. The number of fused-ring (bicyclic) bond motifs is 5. The summed E-state index contributed by atoms with van der Waals surface area (Å²) in [6, 6.07) is 13.4. The Morgan fingerprint density at radius 2 is 1.66 bits per heavy atom. The van der Waals surface area contributed by atoms with Crippen LogP contribution < -0.4 is 9.91 Å². The number of aryl methyl sites for hydroxylation is 2. The number of carbonyl (C=O) groups excluding carboxylic acids is 4. The highest BCUT2D eigenvalue weighted by atomic mass is 35.5. The first kappa shape index (κ1) is 39.5. The topological polar surface area (TPSA) is 129 Å². The van der Waals surface area contributed by atoms with E-state index in [2.05, 4.69) is 4.98 Å². The second-order valence-corrected chi connectivity index (χ2v) is 17.9. The van der Waals surface area contributed by atoms with Crippen LogP contribution in [0.3, 0.4) is 0 Å². The molecule has 11 nitrogen and oxygen atoms in total. The van der Waals surface area contributed by atoms with E-state index in [1.807, 2.05) is 19.1 Å². The fourth-order valence-electron chi connectivity index (χ4n) is 9.74. The van der Waals surface area contributed by atoms with Gasteiger partial charge in [0.05, 0.1) is 33.1 Å². The Kier molecular flexibility index (Phi) is 9.06. The summed E-state index contributed by atoms with van der Waals surface area (Å²) in [6.45, 7) is 3.62. The number of aromatic hydroxyl groups is 1.